The number of aliphatic imine (C=N–C) groups is 1. The van der Waals surface area contributed by atoms with E-state index in [4.69, 9.17) is 26.1 Å². The van der Waals surface area contributed by atoms with Crippen molar-refractivity contribution >= 4 is 23.1 Å². The molecule has 140 valence electrons. The molecule has 0 amide bonds. The van der Waals surface area contributed by atoms with Gasteiger partial charge in [0.05, 0.1) is 24.8 Å². The fourth-order valence-corrected chi connectivity index (χ4v) is 3.30. The summed E-state index contributed by atoms with van der Waals surface area (Å²) >= 11 is 6.36. The van der Waals surface area contributed by atoms with Crippen LogP contribution < -0.4 is 4.74 Å². The van der Waals surface area contributed by atoms with E-state index in [1.54, 1.807) is 6.20 Å². The van der Waals surface area contributed by atoms with Crippen LogP contribution >= 0.6 is 11.6 Å². The van der Waals surface area contributed by atoms with E-state index in [9.17, 15) is 5.11 Å². The van der Waals surface area contributed by atoms with Crippen LogP contribution in [-0.4, -0.2) is 45.7 Å². The predicted octanol–water partition coefficient (Wildman–Crippen LogP) is 3.58. The number of fused-ring (bicyclic) bond motifs is 1. The van der Waals surface area contributed by atoms with E-state index in [2.05, 4.69) is 4.99 Å². The quantitative estimate of drug-likeness (QED) is 0.728. The minimum atomic E-state index is -0.701. The molecule has 2 aromatic heterocycles. The molecule has 0 bridgehead atoms. The van der Waals surface area contributed by atoms with Gasteiger partial charge in [-0.2, -0.15) is 0 Å². The maximum Gasteiger partial charge on any atom is 0.237 e. The van der Waals surface area contributed by atoms with Crippen molar-refractivity contribution in [2.75, 3.05) is 19.8 Å². The van der Waals surface area contributed by atoms with Gasteiger partial charge in [-0.05, 0) is 26.0 Å². The molecular weight excluding hydrogens is 366 g/mol. The Morgan fingerprint density at radius 1 is 1.30 bits per heavy atom. The van der Waals surface area contributed by atoms with Gasteiger partial charge < -0.3 is 19.0 Å². The molecule has 6 nitrogen and oxygen atoms in total. The summed E-state index contributed by atoms with van der Waals surface area (Å²) in [6.07, 6.45) is 3.62. The predicted molar refractivity (Wildman–Crippen MR) is 105 cm³/mol. The van der Waals surface area contributed by atoms with Crippen LogP contribution in [0, 0.1) is 0 Å². The third-order valence-corrected chi connectivity index (χ3v) is 4.66. The molecule has 0 spiro atoms. The summed E-state index contributed by atoms with van der Waals surface area (Å²) < 4.78 is 13.4. The fourth-order valence-electron chi connectivity index (χ4n) is 3.09. The molecule has 7 heteroatoms. The lowest BCUT2D eigenvalue weighted by molar-refractivity contribution is 0.0399. The van der Waals surface area contributed by atoms with Crippen molar-refractivity contribution in [3.8, 4) is 16.9 Å². The lowest BCUT2D eigenvalue weighted by Crippen LogP contribution is -2.33. The molecule has 1 unspecified atom stereocenters. The maximum atomic E-state index is 9.48. The monoisotopic (exact) mass is 385 g/mol. The molecular formula is C20H20ClN3O3. The SMILES string of the molecule is CCOc1ccccc1-c1cc(Cl)cn2cc(C3=NCC(C)(CO)O3)nc12. The first-order chi connectivity index (χ1) is 13.0. The van der Waals surface area contributed by atoms with Gasteiger partial charge in [0.2, 0.25) is 5.90 Å². The van der Waals surface area contributed by atoms with Gasteiger partial charge in [0.15, 0.2) is 5.60 Å². The number of pyridine rings is 1. The molecule has 0 fully saturated rings. The van der Waals surface area contributed by atoms with Gasteiger partial charge in [-0.25, -0.2) is 9.98 Å². The second kappa shape index (κ2) is 6.87. The van der Waals surface area contributed by atoms with Crippen molar-refractivity contribution in [1.29, 1.82) is 0 Å². The summed E-state index contributed by atoms with van der Waals surface area (Å²) in [5.74, 6) is 1.20. The van der Waals surface area contributed by atoms with Crippen molar-refractivity contribution in [3.63, 3.8) is 0 Å². The van der Waals surface area contributed by atoms with Crippen LogP contribution in [0.5, 0.6) is 5.75 Å². The Labute approximate surface area is 162 Å². The van der Waals surface area contributed by atoms with Crippen molar-refractivity contribution in [2.45, 2.75) is 19.4 Å². The maximum absolute atomic E-state index is 9.48. The van der Waals surface area contributed by atoms with E-state index in [0.29, 0.717) is 29.8 Å². The van der Waals surface area contributed by atoms with Crippen molar-refractivity contribution in [3.05, 3.63) is 53.4 Å². The van der Waals surface area contributed by atoms with Gasteiger partial charge in [-0.3, -0.25) is 0 Å². The standard InChI is InChI=1S/C20H20ClN3O3/c1-3-26-17-7-5-4-6-14(17)15-8-13(21)9-24-10-16(23-18(15)24)19-22-11-20(2,12-25)27-19/h4-10,25H,3,11-12H2,1-2H3. The van der Waals surface area contributed by atoms with Crippen LogP contribution in [0.3, 0.4) is 0 Å². The summed E-state index contributed by atoms with van der Waals surface area (Å²) in [4.78, 5) is 9.12. The lowest BCUT2D eigenvalue weighted by Gasteiger charge is -2.19. The first-order valence-corrected chi connectivity index (χ1v) is 9.16. The van der Waals surface area contributed by atoms with Gasteiger partial charge in [0, 0.05) is 23.5 Å². The second-order valence-corrected chi connectivity index (χ2v) is 7.13. The first kappa shape index (κ1) is 17.8. The number of nitrogens with zero attached hydrogens (tertiary/aromatic N) is 3. The number of para-hydroxylation sites is 1. The number of benzene rings is 1. The highest BCUT2D eigenvalue weighted by Gasteiger charge is 2.34. The Balaban J connectivity index is 1.83. The average Bonchev–Trinajstić information content (AvgIpc) is 3.26. The van der Waals surface area contributed by atoms with Gasteiger partial charge >= 0.3 is 0 Å². The zero-order valence-corrected chi connectivity index (χ0v) is 15.9. The van der Waals surface area contributed by atoms with E-state index in [0.717, 1.165) is 22.5 Å². The van der Waals surface area contributed by atoms with Gasteiger partial charge in [-0.1, -0.05) is 29.8 Å². The second-order valence-electron chi connectivity index (χ2n) is 6.69. The third-order valence-electron chi connectivity index (χ3n) is 4.45. The molecule has 0 saturated heterocycles. The van der Waals surface area contributed by atoms with Gasteiger partial charge in [0.25, 0.3) is 0 Å². The Morgan fingerprint density at radius 2 is 2.11 bits per heavy atom. The number of hydrogen-bond donors (Lipinski definition) is 1. The summed E-state index contributed by atoms with van der Waals surface area (Å²) in [6, 6.07) is 9.68. The topological polar surface area (TPSA) is 68.4 Å². The zero-order chi connectivity index (χ0) is 19.0. The van der Waals surface area contributed by atoms with Gasteiger partial charge in [-0.15, -0.1) is 0 Å². The number of aliphatic hydroxyl groups excluding tert-OH is 1. The molecule has 0 radical (unpaired) electrons. The van der Waals surface area contributed by atoms with E-state index in [-0.39, 0.29) is 6.61 Å². The van der Waals surface area contributed by atoms with E-state index in [1.807, 2.05) is 54.8 Å². The molecule has 0 saturated carbocycles. The molecule has 1 aliphatic rings. The largest absolute Gasteiger partial charge is 0.493 e. The van der Waals surface area contributed by atoms with Crippen LogP contribution in [0.25, 0.3) is 16.8 Å². The molecule has 4 rings (SSSR count). The molecule has 27 heavy (non-hydrogen) atoms. The normalized spacial score (nSPS) is 19.2. The molecule has 3 aromatic rings. The first-order valence-electron chi connectivity index (χ1n) is 8.78. The Kier molecular flexibility index (Phi) is 4.53. The summed E-state index contributed by atoms with van der Waals surface area (Å²) in [7, 11) is 0. The lowest BCUT2D eigenvalue weighted by atomic mass is 10.1. The van der Waals surface area contributed by atoms with Crippen molar-refractivity contribution in [1.82, 2.24) is 9.38 Å². The number of ether oxygens (including phenoxy) is 2. The number of halogens is 1. The minimum Gasteiger partial charge on any atom is -0.493 e. The summed E-state index contributed by atoms with van der Waals surface area (Å²) in [5.41, 5.74) is 2.41. The van der Waals surface area contributed by atoms with Crippen LogP contribution in [0.2, 0.25) is 5.02 Å². The van der Waals surface area contributed by atoms with Crippen LogP contribution in [0.1, 0.15) is 19.5 Å². The van der Waals surface area contributed by atoms with Crippen LogP contribution in [0.15, 0.2) is 47.7 Å². The number of rotatable bonds is 5. The van der Waals surface area contributed by atoms with Crippen molar-refractivity contribution < 1.29 is 14.6 Å². The number of imidazole rings is 1. The average molecular weight is 386 g/mol. The van der Waals surface area contributed by atoms with E-state index < -0.39 is 5.60 Å². The summed E-state index contributed by atoms with van der Waals surface area (Å²) in [5, 5.41) is 10.1. The molecule has 1 atom stereocenters. The third kappa shape index (κ3) is 3.26. The Morgan fingerprint density at radius 3 is 2.85 bits per heavy atom. The van der Waals surface area contributed by atoms with Gasteiger partial charge in [0.1, 0.15) is 17.1 Å². The zero-order valence-electron chi connectivity index (χ0n) is 15.1. The fraction of sp³-hybridized carbons (Fsp3) is 0.300. The Bertz CT molecular complexity index is 1030. The number of aromatic nitrogens is 2. The number of aliphatic hydroxyl groups is 1. The highest BCUT2D eigenvalue weighted by molar-refractivity contribution is 6.31. The van der Waals surface area contributed by atoms with Crippen molar-refractivity contribution in [2.24, 2.45) is 4.99 Å². The van der Waals surface area contributed by atoms with E-state index in [1.165, 1.54) is 0 Å². The highest BCUT2D eigenvalue weighted by atomic mass is 35.5. The van der Waals surface area contributed by atoms with Crippen LogP contribution in [-0.2, 0) is 4.74 Å². The number of hydrogen-bond acceptors (Lipinski definition) is 5. The van der Waals surface area contributed by atoms with Crippen LogP contribution in [0.4, 0.5) is 0 Å². The minimum absolute atomic E-state index is 0.105. The summed E-state index contributed by atoms with van der Waals surface area (Å²) in [6.45, 7) is 4.63. The molecule has 3 heterocycles. The molecule has 1 aliphatic heterocycles. The van der Waals surface area contributed by atoms with E-state index >= 15 is 0 Å². The molecule has 0 aliphatic carbocycles. The Hall–Kier alpha value is -2.57. The molecule has 1 N–H and O–H groups in total. The molecule has 1 aromatic carbocycles. The highest BCUT2D eigenvalue weighted by Crippen LogP contribution is 2.34. The smallest absolute Gasteiger partial charge is 0.237 e.